The fourth-order valence-corrected chi connectivity index (χ4v) is 1.88. The van der Waals surface area contributed by atoms with Gasteiger partial charge in [-0.3, -0.25) is 0 Å². The van der Waals surface area contributed by atoms with Crippen molar-refractivity contribution in [2.24, 2.45) is 0 Å². The minimum atomic E-state index is -4.77. The van der Waals surface area contributed by atoms with Crippen LogP contribution in [0.3, 0.4) is 0 Å². The van der Waals surface area contributed by atoms with Gasteiger partial charge in [0.25, 0.3) is 0 Å². The zero-order valence-electron chi connectivity index (χ0n) is 11.0. The number of benzene rings is 1. The van der Waals surface area contributed by atoms with Crippen molar-refractivity contribution in [3.63, 3.8) is 0 Å². The zero-order valence-corrected chi connectivity index (χ0v) is 11.8. The largest absolute Gasteiger partial charge is 0.419 e. The highest BCUT2D eigenvalue weighted by atomic mass is 35.5. The summed E-state index contributed by atoms with van der Waals surface area (Å²) >= 11 is 5.88. The summed E-state index contributed by atoms with van der Waals surface area (Å²) in [7, 11) is 0. The third-order valence-corrected chi connectivity index (χ3v) is 3.10. The van der Waals surface area contributed by atoms with Crippen molar-refractivity contribution in [2.75, 3.05) is 5.32 Å². The molecule has 0 radical (unpaired) electrons. The third-order valence-electron chi connectivity index (χ3n) is 2.73. The summed E-state index contributed by atoms with van der Waals surface area (Å²) in [6.07, 6.45) is -4.77. The molecule has 1 N–H and O–H groups in total. The van der Waals surface area contributed by atoms with Crippen LogP contribution in [0.15, 0.2) is 18.2 Å². The summed E-state index contributed by atoms with van der Waals surface area (Å²) in [6.45, 7) is 3.22. The van der Waals surface area contributed by atoms with E-state index in [2.05, 4.69) is 15.3 Å². The van der Waals surface area contributed by atoms with Crippen LogP contribution in [-0.2, 0) is 6.18 Å². The molecule has 0 aliphatic rings. The van der Waals surface area contributed by atoms with Gasteiger partial charge in [0.15, 0.2) is 0 Å². The fourth-order valence-electron chi connectivity index (χ4n) is 1.67. The number of nitrogens with zero attached hydrogens (tertiary/aromatic N) is 2. The second-order valence-electron chi connectivity index (χ2n) is 4.35. The molecule has 1 heterocycles. The Balaban J connectivity index is 2.41. The van der Waals surface area contributed by atoms with Crippen LogP contribution in [0.4, 0.5) is 29.1 Å². The molecule has 21 heavy (non-hydrogen) atoms. The molecular formula is C13H10ClF4N3. The minimum absolute atomic E-state index is 0.0565. The highest BCUT2D eigenvalue weighted by Crippen LogP contribution is 2.34. The van der Waals surface area contributed by atoms with Crippen LogP contribution in [0.5, 0.6) is 0 Å². The molecule has 0 fully saturated rings. The maximum atomic E-state index is 13.2. The lowest BCUT2D eigenvalue weighted by atomic mass is 10.1. The van der Waals surface area contributed by atoms with Crippen LogP contribution in [0.25, 0.3) is 0 Å². The van der Waals surface area contributed by atoms with E-state index in [1.165, 1.54) is 6.07 Å². The smallest absolute Gasteiger partial charge is 0.340 e. The van der Waals surface area contributed by atoms with Crippen LogP contribution >= 0.6 is 11.6 Å². The summed E-state index contributed by atoms with van der Waals surface area (Å²) in [6, 6.07) is 2.62. The molecule has 112 valence electrons. The standard InChI is InChI=1S/C13H10ClF4N3/c1-6-11(14)19-7(2)20-12(6)21-8-3-4-10(15)9(5-8)13(16,17)18/h3-5H,1-2H3,(H,19,20,21). The van der Waals surface area contributed by atoms with Crippen molar-refractivity contribution in [3.05, 3.63) is 46.1 Å². The molecule has 2 rings (SSSR count). The molecule has 0 atom stereocenters. The summed E-state index contributed by atoms with van der Waals surface area (Å²) < 4.78 is 51.2. The lowest BCUT2D eigenvalue weighted by Gasteiger charge is -2.13. The summed E-state index contributed by atoms with van der Waals surface area (Å²) in [5.74, 6) is -0.694. The van der Waals surface area contributed by atoms with Gasteiger partial charge >= 0.3 is 6.18 Å². The van der Waals surface area contributed by atoms with Gasteiger partial charge in [-0.05, 0) is 32.0 Å². The van der Waals surface area contributed by atoms with Gasteiger partial charge in [0, 0.05) is 11.3 Å². The number of halogens is 5. The SMILES string of the molecule is Cc1nc(Cl)c(C)c(Nc2ccc(F)c(C(F)(F)F)c2)n1. The molecule has 2 aromatic rings. The first-order chi connectivity index (χ1) is 9.68. The maximum absolute atomic E-state index is 13.2. The van der Waals surface area contributed by atoms with E-state index >= 15 is 0 Å². The van der Waals surface area contributed by atoms with Crippen LogP contribution in [-0.4, -0.2) is 9.97 Å². The normalized spacial score (nSPS) is 11.6. The van der Waals surface area contributed by atoms with Crippen LogP contribution < -0.4 is 5.32 Å². The first-order valence-electron chi connectivity index (χ1n) is 5.83. The molecule has 1 aromatic heterocycles. The predicted octanol–water partition coefficient (Wildman–Crippen LogP) is 4.65. The number of rotatable bonds is 2. The van der Waals surface area contributed by atoms with Crippen molar-refractivity contribution in [1.29, 1.82) is 0 Å². The Hall–Kier alpha value is -1.89. The Bertz CT molecular complexity index is 686. The van der Waals surface area contributed by atoms with Gasteiger partial charge in [-0.1, -0.05) is 11.6 Å². The Morgan fingerprint density at radius 1 is 1.14 bits per heavy atom. The van der Waals surface area contributed by atoms with Gasteiger partial charge in [-0.2, -0.15) is 13.2 Å². The van der Waals surface area contributed by atoms with E-state index in [1.54, 1.807) is 13.8 Å². The monoisotopic (exact) mass is 319 g/mol. The van der Waals surface area contributed by atoms with Gasteiger partial charge in [0.1, 0.15) is 22.6 Å². The molecule has 8 heteroatoms. The molecule has 3 nitrogen and oxygen atoms in total. The van der Waals surface area contributed by atoms with Gasteiger partial charge in [-0.15, -0.1) is 0 Å². The average Bonchev–Trinajstić information content (AvgIpc) is 2.36. The molecular weight excluding hydrogens is 310 g/mol. The third kappa shape index (κ3) is 3.41. The lowest BCUT2D eigenvalue weighted by Crippen LogP contribution is -2.09. The van der Waals surface area contributed by atoms with E-state index in [0.717, 1.165) is 6.07 Å². The van der Waals surface area contributed by atoms with E-state index in [-0.39, 0.29) is 16.7 Å². The van der Waals surface area contributed by atoms with E-state index in [4.69, 9.17) is 11.6 Å². The van der Waals surface area contributed by atoms with E-state index in [0.29, 0.717) is 17.5 Å². The van der Waals surface area contributed by atoms with E-state index in [9.17, 15) is 17.6 Å². The van der Waals surface area contributed by atoms with Crippen molar-refractivity contribution >= 4 is 23.1 Å². The quantitative estimate of drug-likeness (QED) is 0.647. The highest BCUT2D eigenvalue weighted by molar-refractivity contribution is 6.30. The number of aromatic nitrogens is 2. The Morgan fingerprint density at radius 3 is 2.43 bits per heavy atom. The van der Waals surface area contributed by atoms with Crippen molar-refractivity contribution < 1.29 is 17.6 Å². The number of nitrogens with one attached hydrogen (secondary N) is 1. The minimum Gasteiger partial charge on any atom is -0.340 e. The maximum Gasteiger partial charge on any atom is 0.419 e. The molecule has 0 saturated heterocycles. The van der Waals surface area contributed by atoms with Gasteiger partial charge in [-0.25, -0.2) is 14.4 Å². The number of hydrogen-bond donors (Lipinski definition) is 1. The zero-order chi connectivity index (χ0) is 15.8. The molecule has 0 saturated carbocycles. The molecule has 0 unspecified atom stereocenters. The number of alkyl halides is 3. The number of aryl methyl sites for hydroxylation is 1. The topological polar surface area (TPSA) is 37.8 Å². The summed E-state index contributed by atoms with van der Waals surface area (Å²) in [5, 5.41) is 2.89. The molecule has 0 amide bonds. The van der Waals surface area contributed by atoms with Gasteiger partial charge in [0.05, 0.1) is 5.56 Å². The van der Waals surface area contributed by atoms with Crippen molar-refractivity contribution in [2.45, 2.75) is 20.0 Å². The molecule has 1 aromatic carbocycles. The van der Waals surface area contributed by atoms with Crippen LogP contribution in [0.1, 0.15) is 17.0 Å². The Kier molecular flexibility index (Phi) is 4.04. The summed E-state index contributed by atoms with van der Waals surface area (Å²) in [4.78, 5) is 7.98. The Labute approximate surface area is 123 Å². The average molecular weight is 320 g/mol. The molecule has 0 bridgehead atoms. The Morgan fingerprint density at radius 2 is 1.81 bits per heavy atom. The number of hydrogen-bond acceptors (Lipinski definition) is 3. The van der Waals surface area contributed by atoms with E-state index < -0.39 is 17.6 Å². The van der Waals surface area contributed by atoms with Gasteiger partial charge in [0.2, 0.25) is 0 Å². The second kappa shape index (κ2) is 5.48. The first-order valence-corrected chi connectivity index (χ1v) is 6.21. The first kappa shape index (κ1) is 15.5. The fraction of sp³-hybridized carbons (Fsp3) is 0.231. The van der Waals surface area contributed by atoms with Crippen LogP contribution in [0, 0.1) is 19.7 Å². The lowest BCUT2D eigenvalue weighted by molar-refractivity contribution is -0.139. The van der Waals surface area contributed by atoms with E-state index in [1.807, 2.05) is 0 Å². The number of anilines is 2. The van der Waals surface area contributed by atoms with Gasteiger partial charge < -0.3 is 5.32 Å². The van der Waals surface area contributed by atoms with Crippen LogP contribution in [0.2, 0.25) is 5.15 Å². The predicted molar refractivity (Wildman–Crippen MR) is 71.2 cm³/mol. The van der Waals surface area contributed by atoms with Crippen molar-refractivity contribution in [3.8, 4) is 0 Å². The molecule has 0 aliphatic carbocycles. The summed E-state index contributed by atoms with van der Waals surface area (Å²) in [5.41, 5.74) is -0.803. The van der Waals surface area contributed by atoms with Crippen molar-refractivity contribution in [1.82, 2.24) is 9.97 Å². The second-order valence-corrected chi connectivity index (χ2v) is 4.71. The highest BCUT2D eigenvalue weighted by Gasteiger charge is 2.34. The molecule has 0 aliphatic heterocycles. The molecule has 0 spiro atoms.